The molecule has 0 saturated carbocycles. The van der Waals surface area contributed by atoms with E-state index in [9.17, 15) is 4.79 Å². The number of thiophene rings is 1. The minimum atomic E-state index is -0.149. The summed E-state index contributed by atoms with van der Waals surface area (Å²) in [6.45, 7) is 5.03. The molecule has 1 atom stereocenters. The molecule has 0 radical (unpaired) electrons. The maximum absolute atomic E-state index is 12.2. The lowest BCUT2D eigenvalue weighted by Gasteiger charge is -2.12. The topological polar surface area (TPSA) is 45.5 Å². The smallest absolute Gasteiger partial charge is 0.287 e. The Morgan fingerprint density at radius 3 is 2.90 bits per heavy atom. The summed E-state index contributed by atoms with van der Waals surface area (Å²) in [5, 5.41) is 4.98. The predicted molar refractivity (Wildman–Crippen MR) is 83.4 cm³/mol. The second-order valence-corrected chi connectivity index (χ2v) is 6.44. The molecule has 1 N–H and O–H groups in total. The van der Waals surface area contributed by atoms with E-state index in [1.807, 2.05) is 30.5 Å². The maximum Gasteiger partial charge on any atom is 0.287 e. The molecule has 0 bridgehead atoms. The van der Waals surface area contributed by atoms with Crippen molar-refractivity contribution in [1.29, 1.82) is 0 Å². The van der Waals surface area contributed by atoms with E-state index in [1.54, 1.807) is 17.4 Å². The van der Waals surface area contributed by atoms with Gasteiger partial charge < -0.3 is 9.73 Å². The lowest BCUT2D eigenvalue weighted by molar-refractivity contribution is 0.0909. The number of rotatable bonds is 5. The first-order valence-electron chi connectivity index (χ1n) is 7.38. The van der Waals surface area contributed by atoms with Gasteiger partial charge in [0.05, 0.1) is 12.6 Å². The Hall–Kier alpha value is -1.59. The molecule has 0 spiro atoms. The van der Waals surface area contributed by atoms with Crippen molar-refractivity contribution in [3.63, 3.8) is 0 Å². The number of nitrogens with one attached hydrogen (secondary N) is 1. The monoisotopic (exact) mass is 304 g/mol. The van der Waals surface area contributed by atoms with Crippen LogP contribution in [-0.4, -0.2) is 23.9 Å². The van der Waals surface area contributed by atoms with Gasteiger partial charge in [-0.2, -0.15) is 0 Å². The van der Waals surface area contributed by atoms with Gasteiger partial charge in [0.2, 0.25) is 0 Å². The Labute approximate surface area is 128 Å². The molecule has 21 heavy (non-hydrogen) atoms. The van der Waals surface area contributed by atoms with E-state index in [-0.39, 0.29) is 11.9 Å². The van der Waals surface area contributed by atoms with E-state index in [4.69, 9.17) is 4.42 Å². The molecule has 2 aromatic rings. The van der Waals surface area contributed by atoms with Crippen molar-refractivity contribution in [3.05, 3.63) is 46.0 Å². The molecule has 1 aliphatic rings. The zero-order valence-electron chi connectivity index (χ0n) is 12.2. The van der Waals surface area contributed by atoms with Crippen molar-refractivity contribution in [2.75, 3.05) is 13.1 Å². The fourth-order valence-electron chi connectivity index (χ4n) is 2.62. The summed E-state index contributed by atoms with van der Waals surface area (Å²) in [5.74, 6) is 1.11. The fourth-order valence-corrected chi connectivity index (χ4v) is 3.36. The van der Waals surface area contributed by atoms with Crippen LogP contribution in [0.5, 0.6) is 0 Å². The second-order valence-electron chi connectivity index (χ2n) is 5.46. The average Bonchev–Trinajstić information content (AvgIpc) is 3.22. The Kier molecular flexibility index (Phi) is 4.41. The molecule has 5 heteroatoms. The third-order valence-corrected chi connectivity index (χ3v) is 4.84. The first-order chi connectivity index (χ1) is 10.2. The number of nitrogens with zero attached hydrogens (tertiary/aromatic N) is 1. The zero-order valence-corrected chi connectivity index (χ0v) is 13.0. The minimum absolute atomic E-state index is 0.00429. The number of carbonyl (C=O) groups excluding carboxylic acids is 1. The second kappa shape index (κ2) is 6.45. The third-order valence-electron chi connectivity index (χ3n) is 3.78. The van der Waals surface area contributed by atoms with E-state index in [2.05, 4.69) is 10.2 Å². The van der Waals surface area contributed by atoms with E-state index in [0.29, 0.717) is 5.76 Å². The summed E-state index contributed by atoms with van der Waals surface area (Å²) in [7, 11) is 0. The number of hydrogen-bond acceptors (Lipinski definition) is 4. The standard InChI is InChI=1S/C16H20N2O2S/c1-12(15-5-4-10-21-15)17-16(19)14-7-6-13(20-14)11-18-8-2-3-9-18/h4-7,10,12H,2-3,8-9,11H2,1H3,(H,17,19). The number of furan rings is 1. The van der Waals surface area contributed by atoms with Gasteiger partial charge in [0.1, 0.15) is 5.76 Å². The van der Waals surface area contributed by atoms with Crippen molar-refractivity contribution in [2.45, 2.75) is 32.4 Å². The van der Waals surface area contributed by atoms with Gasteiger partial charge in [0.15, 0.2) is 5.76 Å². The van der Waals surface area contributed by atoms with Crippen molar-refractivity contribution in [3.8, 4) is 0 Å². The maximum atomic E-state index is 12.2. The lowest BCUT2D eigenvalue weighted by atomic mass is 10.2. The molecule has 0 aliphatic carbocycles. The summed E-state index contributed by atoms with van der Waals surface area (Å²) in [6.07, 6.45) is 2.51. The summed E-state index contributed by atoms with van der Waals surface area (Å²) < 4.78 is 5.68. The molecule has 3 rings (SSSR count). The highest BCUT2D eigenvalue weighted by Gasteiger charge is 2.17. The van der Waals surface area contributed by atoms with Gasteiger partial charge in [-0.3, -0.25) is 9.69 Å². The number of hydrogen-bond donors (Lipinski definition) is 1. The largest absolute Gasteiger partial charge is 0.455 e. The fraction of sp³-hybridized carbons (Fsp3) is 0.438. The van der Waals surface area contributed by atoms with Crippen LogP contribution in [0.1, 0.15) is 47.0 Å². The quantitative estimate of drug-likeness (QED) is 0.920. The van der Waals surface area contributed by atoms with Crippen LogP contribution < -0.4 is 5.32 Å². The molecule has 1 unspecified atom stereocenters. The molecule has 3 heterocycles. The summed E-state index contributed by atoms with van der Waals surface area (Å²) in [5.41, 5.74) is 0. The Morgan fingerprint density at radius 1 is 1.38 bits per heavy atom. The van der Waals surface area contributed by atoms with Crippen LogP contribution in [0.2, 0.25) is 0 Å². The average molecular weight is 304 g/mol. The van der Waals surface area contributed by atoms with E-state index in [0.717, 1.165) is 30.3 Å². The molecule has 1 amide bonds. The predicted octanol–water partition coefficient (Wildman–Crippen LogP) is 3.43. The Morgan fingerprint density at radius 2 is 2.19 bits per heavy atom. The van der Waals surface area contributed by atoms with Gasteiger partial charge >= 0.3 is 0 Å². The highest BCUT2D eigenvalue weighted by atomic mass is 32.1. The van der Waals surface area contributed by atoms with Gasteiger partial charge in [0.25, 0.3) is 5.91 Å². The zero-order chi connectivity index (χ0) is 14.7. The Balaban J connectivity index is 1.58. The first kappa shape index (κ1) is 14.4. The Bertz CT molecular complexity index is 585. The van der Waals surface area contributed by atoms with Gasteiger partial charge in [-0.15, -0.1) is 11.3 Å². The molecule has 0 aromatic carbocycles. The summed E-state index contributed by atoms with van der Waals surface area (Å²) in [6, 6.07) is 7.69. The molecular weight excluding hydrogens is 284 g/mol. The van der Waals surface area contributed by atoms with Crippen LogP contribution >= 0.6 is 11.3 Å². The van der Waals surface area contributed by atoms with Crippen LogP contribution in [0.15, 0.2) is 34.1 Å². The summed E-state index contributed by atoms with van der Waals surface area (Å²) >= 11 is 1.64. The highest BCUT2D eigenvalue weighted by Crippen LogP contribution is 2.19. The van der Waals surface area contributed by atoms with Crippen molar-refractivity contribution in [1.82, 2.24) is 10.2 Å². The van der Waals surface area contributed by atoms with Gasteiger partial charge in [-0.1, -0.05) is 6.07 Å². The van der Waals surface area contributed by atoms with E-state index in [1.165, 1.54) is 12.8 Å². The molecule has 1 aliphatic heterocycles. The van der Waals surface area contributed by atoms with Crippen LogP contribution in [-0.2, 0) is 6.54 Å². The van der Waals surface area contributed by atoms with E-state index < -0.39 is 0 Å². The minimum Gasteiger partial charge on any atom is -0.455 e. The first-order valence-corrected chi connectivity index (χ1v) is 8.25. The normalized spacial score (nSPS) is 17.0. The summed E-state index contributed by atoms with van der Waals surface area (Å²) in [4.78, 5) is 15.7. The van der Waals surface area contributed by atoms with Crippen molar-refractivity contribution >= 4 is 17.2 Å². The highest BCUT2D eigenvalue weighted by molar-refractivity contribution is 7.10. The lowest BCUT2D eigenvalue weighted by Crippen LogP contribution is -2.25. The van der Waals surface area contributed by atoms with Crippen LogP contribution in [0.25, 0.3) is 0 Å². The number of carbonyl (C=O) groups is 1. The van der Waals surface area contributed by atoms with Crippen LogP contribution in [0, 0.1) is 0 Å². The molecule has 112 valence electrons. The molecule has 1 fully saturated rings. The molecule has 4 nitrogen and oxygen atoms in total. The van der Waals surface area contributed by atoms with Crippen LogP contribution in [0.4, 0.5) is 0 Å². The molecule has 1 saturated heterocycles. The number of amides is 1. The molecular formula is C16H20N2O2S. The van der Waals surface area contributed by atoms with Gasteiger partial charge in [-0.05, 0) is 56.4 Å². The van der Waals surface area contributed by atoms with Crippen LogP contribution in [0.3, 0.4) is 0 Å². The van der Waals surface area contributed by atoms with Gasteiger partial charge in [0, 0.05) is 4.88 Å². The third kappa shape index (κ3) is 3.54. The van der Waals surface area contributed by atoms with Crippen molar-refractivity contribution in [2.24, 2.45) is 0 Å². The number of likely N-dealkylation sites (tertiary alicyclic amines) is 1. The SMILES string of the molecule is CC(NC(=O)c1ccc(CN2CCCC2)o1)c1cccs1. The van der Waals surface area contributed by atoms with Gasteiger partial charge in [-0.25, -0.2) is 0 Å². The van der Waals surface area contributed by atoms with Crippen molar-refractivity contribution < 1.29 is 9.21 Å². The molecule has 2 aromatic heterocycles. The van der Waals surface area contributed by atoms with E-state index >= 15 is 0 Å².